The van der Waals surface area contributed by atoms with Crippen LogP contribution in [0, 0.1) is 0 Å². The van der Waals surface area contributed by atoms with Gasteiger partial charge < -0.3 is 10.6 Å². The molecule has 124 valence electrons. The molecule has 23 heavy (non-hydrogen) atoms. The SMILES string of the molecule is CNc1cccc(Nc2nc(C(C)(C)C)nc(C(C)(C)C)n2)c1. The zero-order valence-electron chi connectivity index (χ0n) is 15.2. The minimum absolute atomic E-state index is 0.133. The van der Waals surface area contributed by atoms with E-state index in [1.54, 1.807) is 0 Å². The second-order valence-electron chi connectivity index (χ2n) is 7.76. The molecule has 5 heteroatoms. The van der Waals surface area contributed by atoms with E-state index >= 15 is 0 Å². The first-order valence-corrected chi connectivity index (χ1v) is 7.91. The Bertz CT molecular complexity index is 648. The molecule has 0 atom stereocenters. The van der Waals surface area contributed by atoms with Crippen LogP contribution in [0.4, 0.5) is 17.3 Å². The number of rotatable bonds is 3. The highest BCUT2D eigenvalue weighted by molar-refractivity contribution is 5.60. The van der Waals surface area contributed by atoms with Crippen LogP contribution in [0.15, 0.2) is 24.3 Å². The summed E-state index contributed by atoms with van der Waals surface area (Å²) < 4.78 is 0. The molecule has 1 heterocycles. The normalized spacial score (nSPS) is 12.1. The van der Waals surface area contributed by atoms with Crippen LogP contribution in [0.2, 0.25) is 0 Å². The second kappa shape index (κ2) is 6.14. The molecule has 0 aliphatic carbocycles. The molecule has 1 aromatic heterocycles. The quantitative estimate of drug-likeness (QED) is 0.887. The molecule has 2 rings (SSSR count). The summed E-state index contributed by atoms with van der Waals surface area (Å²) >= 11 is 0. The van der Waals surface area contributed by atoms with Crippen LogP contribution >= 0.6 is 0 Å². The van der Waals surface area contributed by atoms with Gasteiger partial charge in [0.15, 0.2) is 0 Å². The van der Waals surface area contributed by atoms with Gasteiger partial charge >= 0.3 is 0 Å². The summed E-state index contributed by atoms with van der Waals surface area (Å²) in [4.78, 5) is 13.9. The molecule has 0 saturated carbocycles. The molecule has 0 bridgehead atoms. The number of nitrogens with one attached hydrogen (secondary N) is 2. The van der Waals surface area contributed by atoms with Gasteiger partial charge in [-0.2, -0.15) is 9.97 Å². The maximum Gasteiger partial charge on any atom is 0.230 e. The molecule has 0 unspecified atom stereocenters. The minimum Gasteiger partial charge on any atom is -0.388 e. The Kier molecular flexibility index (Phi) is 4.59. The van der Waals surface area contributed by atoms with Crippen molar-refractivity contribution in [2.45, 2.75) is 52.4 Å². The predicted octanol–water partition coefficient (Wildman–Crippen LogP) is 4.25. The first kappa shape index (κ1) is 17.2. The Balaban J connectivity index is 2.44. The van der Waals surface area contributed by atoms with E-state index < -0.39 is 0 Å². The Morgan fingerprint density at radius 1 is 0.783 bits per heavy atom. The number of hydrogen-bond donors (Lipinski definition) is 2. The molecular weight excluding hydrogens is 286 g/mol. The van der Waals surface area contributed by atoms with Crippen molar-refractivity contribution in [3.05, 3.63) is 35.9 Å². The van der Waals surface area contributed by atoms with E-state index in [9.17, 15) is 0 Å². The van der Waals surface area contributed by atoms with E-state index in [4.69, 9.17) is 0 Å². The van der Waals surface area contributed by atoms with E-state index in [1.165, 1.54) is 0 Å². The zero-order valence-corrected chi connectivity index (χ0v) is 15.2. The number of anilines is 3. The summed E-state index contributed by atoms with van der Waals surface area (Å²) in [5.74, 6) is 2.18. The topological polar surface area (TPSA) is 62.7 Å². The van der Waals surface area contributed by atoms with Crippen molar-refractivity contribution in [3.8, 4) is 0 Å². The number of benzene rings is 1. The fraction of sp³-hybridized carbons (Fsp3) is 0.500. The third kappa shape index (κ3) is 4.41. The van der Waals surface area contributed by atoms with Crippen molar-refractivity contribution in [1.29, 1.82) is 0 Å². The average Bonchev–Trinajstić information content (AvgIpc) is 2.45. The van der Waals surface area contributed by atoms with Gasteiger partial charge in [0.05, 0.1) is 0 Å². The van der Waals surface area contributed by atoms with Crippen molar-refractivity contribution in [2.24, 2.45) is 0 Å². The summed E-state index contributed by atoms with van der Waals surface area (Å²) in [5.41, 5.74) is 1.72. The molecule has 2 aromatic rings. The molecule has 0 aliphatic heterocycles. The van der Waals surface area contributed by atoms with Gasteiger partial charge in [-0.1, -0.05) is 47.6 Å². The largest absolute Gasteiger partial charge is 0.388 e. The summed E-state index contributed by atoms with van der Waals surface area (Å²) in [7, 11) is 1.90. The Labute approximate surface area is 139 Å². The van der Waals surface area contributed by atoms with Gasteiger partial charge in [0.25, 0.3) is 0 Å². The molecule has 0 radical (unpaired) electrons. The van der Waals surface area contributed by atoms with Crippen molar-refractivity contribution in [3.63, 3.8) is 0 Å². The summed E-state index contributed by atoms with van der Waals surface area (Å²) in [6, 6.07) is 8.03. The summed E-state index contributed by atoms with van der Waals surface area (Å²) in [5, 5.41) is 6.43. The molecule has 0 aliphatic rings. The van der Waals surface area contributed by atoms with Gasteiger partial charge in [0.2, 0.25) is 5.95 Å². The van der Waals surface area contributed by atoms with Crippen LogP contribution in [0.25, 0.3) is 0 Å². The van der Waals surface area contributed by atoms with Crippen LogP contribution in [-0.2, 0) is 10.8 Å². The van der Waals surface area contributed by atoms with Crippen LogP contribution in [0.5, 0.6) is 0 Å². The van der Waals surface area contributed by atoms with Crippen LogP contribution < -0.4 is 10.6 Å². The van der Waals surface area contributed by atoms with Gasteiger partial charge in [-0.05, 0) is 18.2 Å². The lowest BCUT2D eigenvalue weighted by atomic mass is 9.93. The third-order valence-corrected chi connectivity index (χ3v) is 3.38. The lowest BCUT2D eigenvalue weighted by Gasteiger charge is -2.22. The number of hydrogen-bond acceptors (Lipinski definition) is 5. The average molecular weight is 313 g/mol. The fourth-order valence-electron chi connectivity index (χ4n) is 1.98. The molecular formula is C18H27N5. The summed E-state index contributed by atoms with van der Waals surface area (Å²) in [6.07, 6.45) is 0. The predicted molar refractivity (Wildman–Crippen MR) is 96.5 cm³/mol. The number of aromatic nitrogens is 3. The van der Waals surface area contributed by atoms with Gasteiger partial charge in [0.1, 0.15) is 11.6 Å². The molecule has 0 fully saturated rings. The standard InChI is InChI=1S/C18H27N5/c1-17(2,3)14-21-15(18(4,5)6)23-16(22-14)20-13-10-8-9-12(11-13)19-7/h8-11,19H,1-7H3,(H,20,21,22,23). The molecule has 2 N–H and O–H groups in total. The van der Waals surface area contributed by atoms with E-state index in [2.05, 4.69) is 67.1 Å². The molecule has 5 nitrogen and oxygen atoms in total. The Hall–Kier alpha value is -2.17. The molecule has 0 saturated heterocycles. The summed E-state index contributed by atoms with van der Waals surface area (Å²) in [6.45, 7) is 12.7. The number of nitrogens with zero attached hydrogens (tertiary/aromatic N) is 3. The van der Waals surface area contributed by atoms with Crippen molar-refractivity contribution >= 4 is 17.3 Å². The highest BCUT2D eigenvalue weighted by atomic mass is 15.2. The maximum absolute atomic E-state index is 4.68. The fourth-order valence-corrected chi connectivity index (χ4v) is 1.98. The van der Waals surface area contributed by atoms with Crippen LogP contribution in [0.3, 0.4) is 0 Å². The van der Waals surface area contributed by atoms with Crippen LogP contribution in [-0.4, -0.2) is 22.0 Å². The second-order valence-corrected chi connectivity index (χ2v) is 7.76. The Morgan fingerprint density at radius 3 is 1.78 bits per heavy atom. The lowest BCUT2D eigenvalue weighted by molar-refractivity contribution is 0.498. The first-order valence-electron chi connectivity index (χ1n) is 7.91. The molecule has 0 spiro atoms. The van der Waals surface area contributed by atoms with Gasteiger partial charge in [0, 0.05) is 29.3 Å². The smallest absolute Gasteiger partial charge is 0.230 e. The monoisotopic (exact) mass is 313 g/mol. The van der Waals surface area contributed by atoms with Crippen LogP contribution in [0.1, 0.15) is 53.2 Å². The van der Waals surface area contributed by atoms with Gasteiger partial charge in [-0.25, -0.2) is 4.98 Å². The zero-order chi connectivity index (χ0) is 17.3. The molecule has 1 aromatic carbocycles. The van der Waals surface area contributed by atoms with Crippen molar-refractivity contribution in [1.82, 2.24) is 15.0 Å². The van der Waals surface area contributed by atoms with Gasteiger partial charge in [-0.3, -0.25) is 0 Å². The van der Waals surface area contributed by atoms with Crippen molar-refractivity contribution in [2.75, 3.05) is 17.7 Å². The highest BCUT2D eigenvalue weighted by Crippen LogP contribution is 2.26. The van der Waals surface area contributed by atoms with E-state index in [-0.39, 0.29) is 10.8 Å². The minimum atomic E-state index is -0.133. The Morgan fingerprint density at radius 2 is 1.30 bits per heavy atom. The third-order valence-electron chi connectivity index (χ3n) is 3.38. The van der Waals surface area contributed by atoms with E-state index in [0.29, 0.717) is 5.95 Å². The first-order chi connectivity index (χ1) is 10.6. The van der Waals surface area contributed by atoms with E-state index in [1.807, 2.05) is 31.3 Å². The maximum atomic E-state index is 4.68. The lowest BCUT2D eigenvalue weighted by Crippen LogP contribution is -2.24. The van der Waals surface area contributed by atoms with Crippen molar-refractivity contribution < 1.29 is 0 Å². The molecule has 0 amide bonds. The highest BCUT2D eigenvalue weighted by Gasteiger charge is 2.25. The van der Waals surface area contributed by atoms with Gasteiger partial charge in [-0.15, -0.1) is 0 Å². The van der Waals surface area contributed by atoms with E-state index in [0.717, 1.165) is 23.0 Å².